The van der Waals surface area contributed by atoms with Crippen molar-refractivity contribution in [2.45, 2.75) is 4.90 Å². The number of nitrogens with zero attached hydrogens (tertiary/aromatic N) is 1. The fourth-order valence-electron chi connectivity index (χ4n) is 1.45. The molecule has 0 aliphatic carbocycles. The van der Waals surface area contributed by atoms with Gasteiger partial charge in [-0.25, -0.2) is 4.39 Å². The summed E-state index contributed by atoms with van der Waals surface area (Å²) in [7, 11) is 3.45. The summed E-state index contributed by atoms with van der Waals surface area (Å²) in [6.07, 6.45) is 2.91. The van der Waals surface area contributed by atoms with Gasteiger partial charge in [0.05, 0.1) is 16.3 Å². The zero-order chi connectivity index (χ0) is 12.5. The van der Waals surface area contributed by atoms with Gasteiger partial charge < -0.3 is 16.0 Å². The smallest absolute Gasteiger partial charge is 0.163 e. The van der Waals surface area contributed by atoms with Gasteiger partial charge in [0, 0.05) is 30.3 Å². The summed E-state index contributed by atoms with van der Waals surface area (Å²) in [4.78, 5) is 2.08. The Kier molecular flexibility index (Phi) is 4.21. The lowest BCUT2D eigenvalue weighted by Gasteiger charge is -2.20. The van der Waals surface area contributed by atoms with Gasteiger partial charge in [0.25, 0.3) is 0 Å². The second-order valence-electron chi connectivity index (χ2n) is 3.38. The Morgan fingerprint density at radius 3 is 2.44 bits per heavy atom. The monoisotopic (exact) mass is 305 g/mol. The zero-order valence-corrected chi connectivity index (χ0v) is 11.7. The molecule has 0 aromatic heterocycles. The van der Waals surface area contributed by atoms with Gasteiger partial charge in [-0.2, -0.15) is 0 Å². The maximum Gasteiger partial charge on any atom is 0.163 e. The van der Waals surface area contributed by atoms with E-state index in [4.69, 9.17) is 11.1 Å². The van der Waals surface area contributed by atoms with Crippen molar-refractivity contribution in [3.63, 3.8) is 0 Å². The van der Waals surface area contributed by atoms with Crippen LogP contribution in [0.5, 0.6) is 0 Å². The number of hydrogen-bond acceptors (Lipinski definition) is 4. The van der Waals surface area contributed by atoms with Crippen LogP contribution in [0.25, 0.3) is 0 Å². The highest BCUT2D eigenvalue weighted by molar-refractivity contribution is 9.10. The molecule has 0 saturated carbocycles. The lowest BCUT2D eigenvalue weighted by Crippen LogP contribution is -2.15. The predicted molar refractivity (Wildman–Crippen MR) is 72.5 cm³/mol. The lowest BCUT2D eigenvalue weighted by molar-refractivity contribution is 0.600. The topological polar surface area (TPSA) is 53.1 Å². The summed E-state index contributed by atoms with van der Waals surface area (Å²) in [5.41, 5.74) is 6.96. The van der Waals surface area contributed by atoms with Crippen LogP contribution in [0.15, 0.2) is 9.37 Å². The molecule has 0 unspecified atom stereocenters. The lowest BCUT2D eigenvalue weighted by atomic mass is 10.1. The molecule has 16 heavy (non-hydrogen) atoms. The third-order valence-corrected chi connectivity index (χ3v) is 4.06. The van der Waals surface area contributed by atoms with E-state index in [1.807, 2.05) is 0 Å². The molecular formula is C10H13BrFN3S. The molecule has 0 saturated heterocycles. The van der Waals surface area contributed by atoms with E-state index in [1.165, 1.54) is 11.8 Å². The quantitative estimate of drug-likeness (QED) is 0.513. The normalized spacial score (nSPS) is 10.3. The van der Waals surface area contributed by atoms with E-state index in [2.05, 4.69) is 15.9 Å². The Hall–Kier alpha value is -0.750. The average molecular weight is 306 g/mol. The molecule has 0 atom stereocenters. The summed E-state index contributed by atoms with van der Waals surface area (Å²) in [6.45, 7) is 0. The molecule has 0 fully saturated rings. The van der Waals surface area contributed by atoms with Gasteiger partial charge >= 0.3 is 0 Å². The van der Waals surface area contributed by atoms with E-state index in [0.717, 1.165) is 6.21 Å². The molecule has 0 bridgehead atoms. The van der Waals surface area contributed by atoms with Crippen LogP contribution >= 0.6 is 27.7 Å². The maximum atomic E-state index is 14.1. The van der Waals surface area contributed by atoms with Crippen molar-refractivity contribution in [2.24, 2.45) is 0 Å². The zero-order valence-electron chi connectivity index (χ0n) is 9.27. The number of anilines is 2. The molecule has 3 nitrogen and oxygen atoms in total. The van der Waals surface area contributed by atoms with Gasteiger partial charge in [-0.05, 0) is 22.2 Å². The number of rotatable bonds is 3. The molecule has 3 N–H and O–H groups in total. The molecule has 1 rings (SSSR count). The number of halogens is 2. The number of hydrogen-bond donors (Lipinski definition) is 2. The van der Waals surface area contributed by atoms with E-state index in [0.29, 0.717) is 20.6 Å². The minimum atomic E-state index is -0.354. The average Bonchev–Trinajstić information content (AvgIpc) is 2.18. The predicted octanol–water partition coefficient (Wildman–Crippen LogP) is 2.96. The number of nitrogens with one attached hydrogen (secondary N) is 1. The minimum Gasteiger partial charge on any atom is -0.396 e. The van der Waals surface area contributed by atoms with E-state index in [-0.39, 0.29) is 11.5 Å². The highest BCUT2D eigenvalue weighted by Crippen LogP contribution is 2.41. The van der Waals surface area contributed by atoms with Crippen molar-refractivity contribution in [1.29, 1.82) is 5.41 Å². The first-order valence-electron chi connectivity index (χ1n) is 4.47. The van der Waals surface area contributed by atoms with Gasteiger partial charge in [-0.1, -0.05) is 0 Å². The van der Waals surface area contributed by atoms with Gasteiger partial charge in [0.15, 0.2) is 5.82 Å². The molecule has 6 heteroatoms. The number of thioether (sulfide) groups is 1. The van der Waals surface area contributed by atoms with Gasteiger partial charge in [0.2, 0.25) is 0 Å². The van der Waals surface area contributed by atoms with Gasteiger partial charge in [-0.15, -0.1) is 11.8 Å². The minimum absolute atomic E-state index is 0.280. The molecule has 0 aliphatic rings. The molecule has 88 valence electrons. The van der Waals surface area contributed by atoms with Crippen LogP contribution in [0.1, 0.15) is 5.56 Å². The van der Waals surface area contributed by atoms with Crippen LogP contribution < -0.4 is 10.6 Å². The second kappa shape index (κ2) is 5.05. The van der Waals surface area contributed by atoms with E-state index in [9.17, 15) is 4.39 Å². The standard InChI is InChI=1S/C10H13BrFN3S/c1-15(2)9-7(12)10(16-3)6(11)5(4-13)8(9)14/h4,13H,14H2,1-3H3. The van der Waals surface area contributed by atoms with Crippen LogP contribution in [-0.4, -0.2) is 26.6 Å². The number of nitrogens with two attached hydrogens (primary N) is 1. The Morgan fingerprint density at radius 1 is 1.50 bits per heavy atom. The van der Waals surface area contributed by atoms with Crippen LogP contribution in [0.4, 0.5) is 15.8 Å². The third kappa shape index (κ3) is 2.04. The van der Waals surface area contributed by atoms with Crippen molar-refractivity contribution in [3.8, 4) is 0 Å². The summed E-state index contributed by atoms with van der Waals surface area (Å²) < 4.78 is 14.7. The number of nitrogen functional groups attached to an aromatic ring is 1. The van der Waals surface area contributed by atoms with E-state index < -0.39 is 0 Å². The molecule has 0 radical (unpaired) electrons. The fraction of sp³-hybridized carbons (Fsp3) is 0.300. The fourth-order valence-corrected chi connectivity index (χ4v) is 3.00. The second-order valence-corrected chi connectivity index (χ2v) is 4.99. The Labute approximate surface area is 107 Å². The highest BCUT2D eigenvalue weighted by atomic mass is 79.9. The van der Waals surface area contributed by atoms with Gasteiger partial charge in [-0.3, -0.25) is 0 Å². The highest BCUT2D eigenvalue weighted by Gasteiger charge is 2.21. The molecule has 0 spiro atoms. The Bertz CT molecular complexity index is 435. The Balaban J connectivity index is 3.69. The SMILES string of the molecule is CSc1c(F)c(N(C)C)c(N)c(C=N)c1Br. The summed E-state index contributed by atoms with van der Waals surface area (Å²) >= 11 is 4.56. The van der Waals surface area contributed by atoms with Crippen molar-refractivity contribution in [2.75, 3.05) is 31.0 Å². The Morgan fingerprint density at radius 2 is 2.06 bits per heavy atom. The van der Waals surface area contributed by atoms with Crippen LogP contribution in [0, 0.1) is 11.2 Å². The van der Waals surface area contributed by atoms with Crippen LogP contribution in [0.2, 0.25) is 0 Å². The molecule has 1 aromatic rings. The first-order chi connectivity index (χ1) is 7.45. The maximum absolute atomic E-state index is 14.1. The first-order valence-corrected chi connectivity index (χ1v) is 6.49. The molecule has 0 heterocycles. The van der Waals surface area contributed by atoms with Crippen molar-refractivity contribution in [3.05, 3.63) is 15.9 Å². The largest absolute Gasteiger partial charge is 0.396 e. The summed E-state index contributed by atoms with van der Waals surface area (Å²) in [5.74, 6) is -0.354. The first kappa shape index (κ1) is 13.3. The van der Waals surface area contributed by atoms with Crippen molar-refractivity contribution >= 4 is 45.3 Å². The third-order valence-electron chi connectivity index (χ3n) is 2.18. The van der Waals surface area contributed by atoms with E-state index >= 15 is 0 Å². The van der Waals surface area contributed by atoms with Crippen molar-refractivity contribution < 1.29 is 4.39 Å². The van der Waals surface area contributed by atoms with Gasteiger partial charge in [0.1, 0.15) is 0 Å². The molecule has 1 aromatic carbocycles. The molecular weight excluding hydrogens is 293 g/mol. The van der Waals surface area contributed by atoms with Crippen molar-refractivity contribution in [1.82, 2.24) is 0 Å². The molecule has 0 aliphatic heterocycles. The van der Waals surface area contributed by atoms with Crippen LogP contribution in [0.3, 0.4) is 0 Å². The molecule has 0 amide bonds. The summed E-state index contributed by atoms with van der Waals surface area (Å²) in [6, 6.07) is 0. The summed E-state index contributed by atoms with van der Waals surface area (Å²) in [5, 5.41) is 7.32. The number of benzene rings is 1. The van der Waals surface area contributed by atoms with E-state index in [1.54, 1.807) is 25.3 Å². The van der Waals surface area contributed by atoms with Crippen LogP contribution in [-0.2, 0) is 0 Å².